The molecular weight excluding hydrogens is 450 g/mol. The summed E-state index contributed by atoms with van der Waals surface area (Å²) in [6.07, 6.45) is -0.671. The van der Waals surface area contributed by atoms with E-state index in [0.29, 0.717) is 49.4 Å². The highest BCUT2D eigenvalue weighted by atomic mass is 35.5. The molecule has 0 radical (unpaired) electrons. The molecule has 1 atom stereocenters. The highest BCUT2D eigenvalue weighted by Gasteiger charge is 2.28. The number of nitrogens with one attached hydrogen (secondary N) is 1. The van der Waals surface area contributed by atoms with Gasteiger partial charge < -0.3 is 15.0 Å². The van der Waals surface area contributed by atoms with Gasteiger partial charge in [0.15, 0.2) is 6.10 Å². The minimum Gasteiger partial charge on any atom is -0.481 e. The molecule has 0 aromatic heterocycles. The Bertz CT molecular complexity index is 1020. The maximum Gasteiger partial charge on any atom is 0.260 e. The molecule has 3 rings (SSSR count). The van der Waals surface area contributed by atoms with Crippen LogP contribution in [0.15, 0.2) is 53.4 Å². The average molecular weight is 480 g/mol. The van der Waals surface area contributed by atoms with Crippen molar-refractivity contribution < 1.29 is 17.9 Å². The number of nitrogens with zero attached hydrogens (tertiary/aromatic N) is 2. The molecule has 1 saturated heterocycles. The molecule has 0 unspecified atom stereocenters. The summed E-state index contributed by atoms with van der Waals surface area (Å²) in [7, 11) is -3.61. The molecule has 1 N–H and O–H groups in total. The molecule has 0 saturated carbocycles. The van der Waals surface area contributed by atoms with Gasteiger partial charge in [-0.25, -0.2) is 8.42 Å². The summed E-state index contributed by atoms with van der Waals surface area (Å²) in [6.45, 7) is 8.23. The Hall–Kier alpha value is -2.29. The van der Waals surface area contributed by atoms with E-state index in [1.165, 1.54) is 16.4 Å². The van der Waals surface area contributed by atoms with Gasteiger partial charge in [-0.1, -0.05) is 31.5 Å². The fourth-order valence-corrected chi connectivity index (χ4v) is 5.01. The van der Waals surface area contributed by atoms with E-state index in [9.17, 15) is 13.2 Å². The van der Waals surface area contributed by atoms with Crippen LogP contribution in [-0.4, -0.2) is 57.5 Å². The number of hydrogen-bond donors (Lipinski definition) is 1. The number of hydrogen-bond acceptors (Lipinski definition) is 5. The Kier molecular flexibility index (Phi) is 8.03. The summed E-state index contributed by atoms with van der Waals surface area (Å²) in [5, 5.41) is 3.48. The van der Waals surface area contributed by atoms with E-state index in [0.717, 1.165) is 5.69 Å². The van der Waals surface area contributed by atoms with Gasteiger partial charge in [0.25, 0.3) is 5.91 Å². The first kappa shape index (κ1) is 24.4. The number of piperazine rings is 1. The van der Waals surface area contributed by atoms with E-state index in [2.05, 4.69) is 10.2 Å². The van der Waals surface area contributed by atoms with Crippen molar-refractivity contribution in [2.75, 3.05) is 37.6 Å². The molecule has 2 aromatic rings. The molecule has 174 valence electrons. The second kappa shape index (κ2) is 10.6. The van der Waals surface area contributed by atoms with E-state index >= 15 is 0 Å². The zero-order valence-electron chi connectivity index (χ0n) is 18.6. The normalized spacial score (nSPS) is 16.1. The summed E-state index contributed by atoms with van der Waals surface area (Å²) in [5.74, 6) is 0.595. The monoisotopic (exact) mass is 479 g/mol. The average Bonchev–Trinajstić information content (AvgIpc) is 2.78. The van der Waals surface area contributed by atoms with Gasteiger partial charge >= 0.3 is 0 Å². The van der Waals surface area contributed by atoms with Crippen LogP contribution in [-0.2, 0) is 14.8 Å². The fourth-order valence-electron chi connectivity index (χ4n) is 3.40. The van der Waals surface area contributed by atoms with Gasteiger partial charge in [-0.15, -0.1) is 0 Å². The lowest BCUT2D eigenvalue weighted by Gasteiger charge is -2.35. The first-order valence-electron chi connectivity index (χ1n) is 10.7. The lowest BCUT2D eigenvalue weighted by Crippen LogP contribution is -2.48. The van der Waals surface area contributed by atoms with Crippen LogP contribution in [0.25, 0.3) is 0 Å². The number of ether oxygens (including phenoxy) is 1. The lowest BCUT2D eigenvalue weighted by atomic mass is 10.2. The Balaban J connectivity index is 1.59. The van der Waals surface area contributed by atoms with Crippen molar-refractivity contribution in [3.05, 3.63) is 53.6 Å². The summed E-state index contributed by atoms with van der Waals surface area (Å²) in [6, 6.07) is 13.8. The highest BCUT2D eigenvalue weighted by Crippen LogP contribution is 2.24. The van der Waals surface area contributed by atoms with Crippen LogP contribution in [0.5, 0.6) is 5.75 Å². The molecule has 0 bridgehead atoms. The Morgan fingerprint density at radius 2 is 1.72 bits per heavy atom. The number of amides is 1. The molecular formula is C23H30ClN3O4S. The van der Waals surface area contributed by atoms with Crippen LogP contribution < -0.4 is 15.0 Å². The molecule has 1 amide bonds. The number of benzene rings is 2. The van der Waals surface area contributed by atoms with E-state index in [-0.39, 0.29) is 10.8 Å². The second-order valence-electron chi connectivity index (χ2n) is 8.24. The van der Waals surface area contributed by atoms with Crippen molar-refractivity contribution >= 4 is 33.2 Å². The number of rotatable bonds is 8. The molecule has 32 heavy (non-hydrogen) atoms. The zero-order chi connectivity index (χ0) is 23.3. The highest BCUT2D eigenvalue weighted by molar-refractivity contribution is 7.89. The maximum atomic E-state index is 13.1. The van der Waals surface area contributed by atoms with Gasteiger partial charge in [0.2, 0.25) is 10.0 Å². The van der Waals surface area contributed by atoms with E-state index in [1.54, 1.807) is 19.1 Å². The van der Waals surface area contributed by atoms with E-state index < -0.39 is 16.1 Å². The van der Waals surface area contributed by atoms with Crippen molar-refractivity contribution in [1.29, 1.82) is 0 Å². The minimum absolute atomic E-state index is 0.201. The van der Waals surface area contributed by atoms with Crippen LogP contribution in [0.1, 0.15) is 20.8 Å². The zero-order valence-corrected chi connectivity index (χ0v) is 20.2. The molecule has 1 aliphatic heterocycles. The van der Waals surface area contributed by atoms with Crippen molar-refractivity contribution in [3.63, 3.8) is 0 Å². The minimum atomic E-state index is -3.61. The summed E-state index contributed by atoms with van der Waals surface area (Å²) < 4.78 is 33.3. The largest absolute Gasteiger partial charge is 0.481 e. The quantitative estimate of drug-likeness (QED) is 0.627. The first-order chi connectivity index (χ1) is 15.2. The van der Waals surface area contributed by atoms with Gasteiger partial charge in [-0.05, 0) is 55.3 Å². The summed E-state index contributed by atoms with van der Waals surface area (Å²) in [5.41, 5.74) is 0.989. The third-order valence-corrected chi connectivity index (χ3v) is 7.39. The third-order valence-electron chi connectivity index (χ3n) is 5.24. The fraction of sp³-hybridized carbons (Fsp3) is 0.435. The number of carbonyl (C=O) groups is 1. The van der Waals surface area contributed by atoms with Crippen molar-refractivity contribution in [2.24, 2.45) is 5.92 Å². The molecule has 0 aliphatic carbocycles. The number of anilines is 1. The summed E-state index contributed by atoms with van der Waals surface area (Å²) >= 11 is 6.07. The topological polar surface area (TPSA) is 78.9 Å². The molecule has 1 aliphatic rings. The predicted molar refractivity (Wildman–Crippen MR) is 127 cm³/mol. The van der Waals surface area contributed by atoms with Crippen LogP contribution in [0.2, 0.25) is 5.02 Å². The van der Waals surface area contributed by atoms with Gasteiger partial charge in [-0.2, -0.15) is 4.31 Å². The Morgan fingerprint density at radius 3 is 2.31 bits per heavy atom. The molecule has 2 aromatic carbocycles. The van der Waals surface area contributed by atoms with Crippen molar-refractivity contribution in [3.8, 4) is 5.75 Å². The van der Waals surface area contributed by atoms with Crippen LogP contribution in [0.4, 0.5) is 5.69 Å². The Labute approximate surface area is 195 Å². The molecule has 1 heterocycles. The van der Waals surface area contributed by atoms with Crippen LogP contribution in [0.3, 0.4) is 0 Å². The standard InChI is InChI=1S/C23H30ClN3O4S/c1-17(2)16-25-23(28)18(3)31-21-7-9-22(10-8-21)32(29,30)27-13-11-26(12-14-27)20-6-4-5-19(24)15-20/h4-10,15,17-18H,11-14,16H2,1-3H3,(H,25,28)/t18-/m1/s1. The van der Waals surface area contributed by atoms with Gasteiger partial charge in [0.1, 0.15) is 5.75 Å². The van der Waals surface area contributed by atoms with Crippen molar-refractivity contribution in [1.82, 2.24) is 9.62 Å². The summed E-state index contributed by atoms with van der Waals surface area (Å²) in [4.78, 5) is 14.4. The van der Waals surface area contributed by atoms with E-state index in [1.807, 2.05) is 38.1 Å². The van der Waals surface area contributed by atoms with Crippen molar-refractivity contribution in [2.45, 2.75) is 31.8 Å². The lowest BCUT2D eigenvalue weighted by molar-refractivity contribution is -0.127. The Morgan fingerprint density at radius 1 is 1.06 bits per heavy atom. The second-order valence-corrected chi connectivity index (χ2v) is 10.6. The molecule has 7 nitrogen and oxygen atoms in total. The predicted octanol–water partition coefficient (Wildman–Crippen LogP) is 3.39. The number of halogens is 1. The van der Waals surface area contributed by atoms with Crippen LogP contribution >= 0.6 is 11.6 Å². The smallest absolute Gasteiger partial charge is 0.260 e. The SMILES string of the molecule is CC(C)CNC(=O)[C@@H](C)Oc1ccc(S(=O)(=O)N2CCN(c3cccc(Cl)c3)CC2)cc1. The van der Waals surface area contributed by atoms with E-state index in [4.69, 9.17) is 16.3 Å². The van der Waals surface area contributed by atoms with Gasteiger partial charge in [-0.3, -0.25) is 4.79 Å². The first-order valence-corrected chi connectivity index (χ1v) is 12.5. The molecule has 9 heteroatoms. The number of carbonyl (C=O) groups excluding carboxylic acids is 1. The van der Waals surface area contributed by atoms with Gasteiger partial charge in [0, 0.05) is 43.4 Å². The van der Waals surface area contributed by atoms with Crippen LogP contribution in [0, 0.1) is 5.92 Å². The third kappa shape index (κ3) is 6.15. The number of sulfonamides is 1. The van der Waals surface area contributed by atoms with Gasteiger partial charge in [0.05, 0.1) is 4.90 Å². The molecule has 1 fully saturated rings. The maximum absolute atomic E-state index is 13.1. The molecule has 0 spiro atoms.